The maximum Gasteiger partial charge on any atom is 0.165 e. The highest BCUT2D eigenvalue weighted by atomic mass is 16.3. The number of nitrogens with zero attached hydrogens (tertiary/aromatic N) is 3. The van der Waals surface area contributed by atoms with Crippen molar-refractivity contribution in [1.29, 1.82) is 0 Å². The summed E-state index contributed by atoms with van der Waals surface area (Å²) in [6, 6.07) is 11.1. The summed E-state index contributed by atoms with van der Waals surface area (Å²) in [6.45, 7) is 4.94. The van der Waals surface area contributed by atoms with Crippen molar-refractivity contribution >= 4 is 5.82 Å². The number of phenols is 1. The first kappa shape index (κ1) is 18.8. The van der Waals surface area contributed by atoms with E-state index in [1.54, 1.807) is 30.7 Å². The summed E-state index contributed by atoms with van der Waals surface area (Å²) in [5, 5.41) is 13.6. The summed E-state index contributed by atoms with van der Waals surface area (Å²) < 4.78 is 0. The first-order valence-corrected chi connectivity index (χ1v) is 9.09. The minimum atomic E-state index is 0.0619. The number of aromatic hydroxyl groups is 1. The molecule has 0 fully saturated rings. The molecule has 4 N–H and O–H groups in total. The van der Waals surface area contributed by atoms with Crippen LogP contribution in [0.3, 0.4) is 0 Å². The summed E-state index contributed by atoms with van der Waals surface area (Å²) in [4.78, 5) is 12.9. The van der Waals surface area contributed by atoms with E-state index in [0.29, 0.717) is 29.7 Å². The molecule has 0 aliphatic heterocycles. The fraction of sp³-hybridized carbons (Fsp3) is 0.286. The molecule has 6 heteroatoms. The average molecular weight is 363 g/mol. The Morgan fingerprint density at radius 1 is 1.04 bits per heavy atom. The smallest absolute Gasteiger partial charge is 0.165 e. The van der Waals surface area contributed by atoms with Gasteiger partial charge in [0.1, 0.15) is 11.6 Å². The van der Waals surface area contributed by atoms with Crippen LogP contribution in [0, 0.1) is 5.92 Å². The van der Waals surface area contributed by atoms with E-state index >= 15 is 0 Å². The molecule has 0 bridgehead atoms. The lowest BCUT2D eigenvalue weighted by Gasteiger charge is -2.15. The molecule has 0 radical (unpaired) electrons. The lowest BCUT2D eigenvalue weighted by atomic mass is 10.0. The quantitative estimate of drug-likeness (QED) is 0.592. The van der Waals surface area contributed by atoms with Crippen LogP contribution in [-0.4, -0.2) is 32.6 Å². The van der Waals surface area contributed by atoms with Gasteiger partial charge < -0.3 is 16.2 Å². The predicted molar refractivity (Wildman–Crippen MR) is 108 cm³/mol. The van der Waals surface area contributed by atoms with E-state index in [0.717, 1.165) is 17.5 Å². The SMILES string of the molecule is CC(C)CC(N)CNc1ccnc(-c2cc(-c3ccncc3)ccc2O)n1. The molecule has 140 valence electrons. The van der Waals surface area contributed by atoms with E-state index in [1.807, 2.05) is 24.3 Å². The molecule has 1 unspecified atom stereocenters. The third-order valence-electron chi connectivity index (χ3n) is 4.23. The normalized spacial score (nSPS) is 12.1. The first-order valence-electron chi connectivity index (χ1n) is 9.09. The zero-order chi connectivity index (χ0) is 19.2. The molecular weight excluding hydrogens is 338 g/mol. The van der Waals surface area contributed by atoms with Gasteiger partial charge in [-0.15, -0.1) is 0 Å². The zero-order valence-electron chi connectivity index (χ0n) is 15.6. The Morgan fingerprint density at radius 3 is 2.56 bits per heavy atom. The van der Waals surface area contributed by atoms with E-state index in [1.165, 1.54) is 0 Å². The number of aromatic nitrogens is 3. The second-order valence-electron chi connectivity index (χ2n) is 7.00. The highest BCUT2D eigenvalue weighted by Crippen LogP contribution is 2.31. The number of rotatable bonds is 7. The first-order chi connectivity index (χ1) is 13.0. The second kappa shape index (κ2) is 8.60. The third kappa shape index (κ3) is 5.01. The Labute approximate surface area is 159 Å². The maximum absolute atomic E-state index is 10.3. The third-order valence-corrected chi connectivity index (χ3v) is 4.23. The Balaban J connectivity index is 1.82. The van der Waals surface area contributed by atoms with Crippen LogP contribution in [0.4, 0.5) is 5.82 Å². The maximum atomic E-state index is 10.3. The number of phenolic OH excluding ortho intramolecular Hbond substituents is 1. The standard InChI is InChI=1S/C21H25N5O/c1-14(2)11-17(22)13-25-20-7-10-24-21(26-20)18-12-16(3-4-19(18)27)15-5-8-23-9-6-15/h3-10,12,14,17,27H,11,13,22H2,1-2H3,(H,24,25,26). The summed E-state index contributed by atoms with van der Waals surface area (Å²) in [5.74, 6) is 1.84. The molecule has 3 rings (SSSR count). The summed E-state index contributed by atoms with van der Waals surface area (Å²) in [7, 11) is 0. The minimum absolute atomic E-state index is 0.0619. The van der Waals surface area contributed by atoms with Crippen LogP contribution in [0.2, 0.25) is 0 Å². The van der Waals surface area contributed by atoms with E-state index in [-0.39, 0.29) is 11.8 Å². The van der Waals surface area contributed by atoms with Crippen molar-refractivity contribution in [3.05, 3.63) is 55.0 Å². The molecule has 0 aliphatic rings. The van der Waals surface area contributed by atoms with E-state index in [4.69, 9.17) is 5.73 Å². The molecule has 0 saturated heterocycles. The van der Waals surface area contributed by atoms with Crippen LogP contribution in [0.25, 0.3) is 22.5 Å². The van der Waals surface area contributed by atoms with Gasteiger partial charge in [-0.05, 0) is 53.8 Å². The fourth-order valence-corrected chi connectivity index (χ4v) is 2.95. The molecule has 1 atom stereocenters. The van der Waals surface area contributed by atoms with Crippen molar-refractivity contribution < 1.29 is 5.11 Å². The van der Waals surface area contributed by atoms with Crippen LogP contribution in [0.15, 0.2) is 55.0 Å². The largest absolute Gasteiger partial charge is 0.507 e. The molecule has 3 aromatic rings. The van der Waals surface area contributed by atoms with Gasteiger partial charge in [-0.25, -0.2) is 9.97 Å². The zero-order valence-corrected chi connectivity index (χ0v) is 15.6. The summed E-state index contributed by atoms with van der Waals surface area (Å²) in [5.41, 5.74) is 8.69. The van der Waals surface area contributed by atoms with Gasteiger partial charge in [0.15, 0.2) is 5.82 Å². The van der Waals surface area contributed by atoms with E-state index in [2.05, 4.69) is 34.1 Å². The minimum Gasteiger partial charge on any atom is -0.507 e. The predicted octanol–water partition coefficient (Wildman–Crippen LogP) is 3.70. The number of benzene rings is 1. The second-order valence-corrected chi connectivity index (χ2v) is 7.00. The number of hydrogen-bond acceptors (Lipinski definition) is 6. The molecular formula is C21H25N5O. The Morgan fingerprint density at radius 2 is 1.81 bits per heavy atom. The average Bonchev–Trinajstić information content (AvgIpc) is 2.67. The molecule has 2 aromatic heterocycles. The van der Waals surface area contributed by atoms with Gasteiger partial charge >= 0.3 is 0 Å². The van der Waals surface area contributed by atoms with Gasteiger partial charge in [0.2, 0.25) is 0 Å². The highest BCUT2D eigenvalue weighted by Gasteiger charge is 2.11. The van der Waals surface area contributed by atoms with Crippen molar-refractivity contribution in [1.82, 2.24) is 15.0 Å². The molecule has 2 heterocycles. The molecule has 6 nitrogen and oxygen atoms in total. The van der Waals surface area contributed by atoms with Gasteiger partial charge in [-0.2, -0.15) is 0 Å². The highest BCUT2D eigenvalue weighted by molar-refractivity contribution is 5.74. The van der Waals surface area contributed by atoms with Crippen LogP contribution in [0.5, 0.6) is 5.75 Å². The lowest BCUT2D eigenvalue weighted by Crippen LogP contribution is -2.30. The summed E-state index contributed by atoms with van der Waals surface area (Å²) in [6.07, 6.45) is 6.10. The number of hydrogen-bond donors (Lipinski definition) is 3. The van der Waals surface area contributed by atoms with Crippen LogP contribution < -0.4 is 11.1 Å². The number of anilines is 1. The lowest BCUT2D eigenvalue weighted by molar-refractivity contribution is 0.477. The Hall–Kier alpha value is -2.99. The topological polar surface area (TPSA) is 97.0 Å². The molecule has 0 amide bonds. The van der Waals surface area contributed by atoms with Gasteiger partial charge in [0.25, 0.3) is 0 Å². The van der Waals surface area contributed by atoms with Crippen LogP contribution in [0.1, 0.15) is 20.3 Å². The number of pyridine rings is 1. The monoisotopic (exact) mass is 363 g/mol. The van der Waals surface area contributed by atoms with Gasteiger partial charge in [-0.1, -0.05) is 19.9 Å². The van der Waals surface area contributed by atoms with Crippen molar-refractivity contribution in [2.75, 3.05) is 11.9 Å². The van der Waals surface area contributed by atoms with Gasteiger partial charge in [0.05, 0.1) is 5.56 Å². The number of nitrogens with one attached hydrogen (secondary N) is 1. The molecule has 0 aliphatic carbocycles. The van der Waals surface area contributed by atoms with Gasteiger partial charge in [0, 0.05) is 31.2 Å². The van der Waals surface area contributed by atoms with Crippen molar-refractivity contribution in [2.24, 2.45) is 11.7 Å². The van der Waals surface area contributed by atoms with Crippen LogP contribution >= 0.6 is 0 Å². The molecule has 0 spiro atoms. The Kier molecular flexibility index (Phi) is 5.98. The van der Waals surface area contributed by atoms with Crippen LogP contribution in [-0.2, 0) is 0 Å². The van der Waals surface area contributed by atoms with Gasteiger partial charge in [-0.3, -0.25) is 4.98 Å². The van der Waals surface area contributed by atoms with Crippen molar-refractivity contribution in [2.45, 2.75) is 26.3 Å². The molecule has 27 heavy (non-hydrogen) atoms. The van der Waals surface area contributed by atoms with Crippen molar-refractivity contribution in [3.63, 3.8) is 0 Å². The van der Waals surface area contributed by atoms with E-state index < -0.39 is 0 Å². The molecule has 1 aromatic carbocycles. The van der Waals surface area contributed by atoms with E-state index in [9.17, 15) is 5.11 Å². The summed E-state index contributed by atoms with van der Waals surface area (Å²) >= 11 is 0. The number of nitrogens with two attached hydrogens (primary N) is 1. The Bertz CT molecular complexity index is 883. The fourth-order valence-electron chi connectivity index (χ4n) is 2.95. The van der Waals surface area contributed by atoms with Crippen molar-refractivity contribution in [3.8, 4) is 28.3 Å². The molecule has 0 saturated carbocycles.